The predicted molar refractivity (Wildman–Crippen MR) is 70.5 cm³/mol. The topological polar surface area (TPSA) is 28.2 Å². The smallest absolute Gasteiger partial charge is 0.336 e. The van der Waals surface area contributed by atoms with Crippen molar-refractivity contribution in [1.29, 1.82) is 0 Å². The molecule has 2 rings (SSSR count). The Morgan fingerprint density at radius 3 is 2.79 bits per heavy atom. The fraction of sp³-hybridized carbons (Fsp3) is 0.750. The second kappa shape index (κ2) is 6.09. The number of halogens is 3. The van der Waals surface area contributed by atoms with E-state index in [4.69, 9.17) is 0 Å². The number of aromatic nitrogens is 1. The van der Waals surface area contributed by atoms with Crippen molar-refractivity contribution in [3.63, 3.8) is 0 Å². The second-order valence-corrected chi connectivity index (χ2v) is 5.61. The van der Waals surface area contributed by atoms with Crippen LogP contribution in [0.15, 0.2) is 5.38 Å². The first-order valence-corrected chi connectivity index (χ1v) is 7.36. The SMILES string of the molecule is CCCNCc1csc(N(CC(F)(F)F)C2CC2)n1. The summed E-state index contributed by atoms with van der Waals surface area (Å²) in [5, 5.41) is 5.53. The van der Waals surface area contributed by atoms with E-state index in [9.17, 15) is 13.2 Å². The Labute approximate surface area is 114 Å². The molecule has 1 heterocycles. The highest BCUT2D eigenvalue weighted by atomic mass is 32.1. The average molecular weight is 293 g/mol. The van der Waals surface area contributed by atoms with Crippen LogP contribution in [-0.4, -0.2) is 30.3 Å². The molecule has 3 nitrogen and oxygen atoms in total. The number of rotatable bonds is 7. The molecule has 1 aromatic heterocycles. The van der Waals surface area contributed by atoms with Gasteiger partial charge in [0.05, 0.1) is 5.69 Å². The molecular weight excluding hydrogens is 275 g/mol. The summed E-state index contributed by atoms with van der Waals surface area (Å²) in [5.74, 6) is 0. The van der Waals surface area contributed by atoms with E-state index in [-0.39, 0.29) is 6.04 Å². The molecule has 0 radical (unpaired) electrons. The maximum atomic E-state index is 12.6. The minimum absolute atomic E-state index is 0.0178. The number of thiazole rings is 1. The van der Waals surface area contributed by atoms with Gasteiger partial charge >= 0.3 is 6.18 Å². The number of nitrogens with one attached hydrogen (secondary N) is 1. The van der Waals surface area contributed by atoms with E-state index in [1.165, 1.54) is 16.2 Å². The second-order valence-electron chi connectivity index (χ2n) is 4.77. The van der Waals surface area contributed by atoms with Gasteiger partial charge in [0.15, 0.2) is 5.13 Å². The van der Waals surface area contributed by atoms with Crippen molar-refractivity contribution in [1.82, 2.24) is 10.3 Å². The first-order chi connectivity index (χ1) is 8.99. The molecule has 0 bridgehead atoms. The maximum absolute atomic E-state index is 12.6. The molecule has 0 spiro atoms. The molecular formula is C12H18F3N3S. The van der Waals surface area contributed by atoms with Gasteiger partial charge in [0, 0.05) is 18.0 Å². The Bertz CT molecular complexity index is 401. The lowest BCUT2D eigenvalue weighted by molar-refractivity contribution is -0.120. The van der Waals surface area contributed by atoms with Gasteiger partial charge in [-0.25, -0.2) is 4.98 Å². The Morgan fingerprint density at radius 1 is 1.47 bits per heavy atom. The molecule has 0 saturated heterocycles. The molecule has 1 aliphatic carbocycles. The number of hydrogen-bond acceptors (Lipinski definition) is 4. The fourth-order valence-corrected chi connectivity index (χ4v) is 2.73. The van der Waals surface area contributed by atoms with E-state index in [1.807, 2.05) is 5.38 Å². The summed E-state index contributed by atoms with van der Waals surface area (Å²) in [5.41, 5.74) is 0.821. The summed E-state index contributed by atoms with van der Waals surface area (Å²) in [6.45, 7) is 2.68. The molecule has 0 unspecified atom stereocenters. The van der Waals surface area contributed by atoms with Gasteiger partial charge in [-0.3, -0.25) is 0 Å². The van der Waals surface area contributed by atoms with Crippen molar-refractivity contribution in [3.8, 4) is 0 Å². The molecule has 19 heavy (non-hydrogen) atoms. The Balaban J connectivity index is 1.97. The van der Waals surface area contributed by atoms with Crippen LogP contribution in [0.3, 0.4) is 0 Å². The predicted octanol–water partition coefficient (Wildman–Crippen LogP) is 3.17. The number of nitrogens with zero attached hydrogens (tertiary/aromatic N) is 2. The molecule has 7 heteroatoms. The summed E-state index contributed by atoms with van der Waals surface area (Å²) in [7, 11) is 0. The minimum Gasteiger partial charge on any atom is -0.336 e. The third-order valence-electron chi connectivity index (χ3n) is 2.86. The lowest BCUT2D eigenvalue weighted by atomic mass is 10.4. The summed E-state index contributed by atoms with van der Waals surface area (Å²) in [6.07, 6.45) is -1.48. The molecule has 0 amide bonds. The lowest BCUT2D eigenvalue weighted by Gasteiger charge is -2.22. The van der Waals surface area contributed by atoms with E-state index < -0.39 is 12.7 Å². The Hall–Kier alpha value is -0.820. The zero-order valence-electron chi connectivity index (χ0n) is 10.8. The quantitative estimate of drug-likeness (QED) is 0.783. The monoisotopic (exact) mass is 293 g/mol. The van der Waals surface area contributed by atoms with Crippen LogP contribution in [0, 0.1) is 0 Å². The van der Waals surface area contributed by atoms with Crippen molar-refractivity contribution in [2.75, 3.05) is 18.0 Å². The van der Waals surface area contributed by atoms with Gasteiger partial charge in [-0.1, -0.05) is 6.92 Å². The molecule has 0 atom stereocenters. The van der Waals surface area contributed by atoms with Crippen molar-refractivity contribution < 1.29 is 13.2 Å². The zero-order chi connectivity index (χ0) is 13.9. The Kier molecular flexibility index (Phi) is 4.67. The summed E-state index contributed by atoms with van der Waals surface area (Å²) < 4.78 is 37.7. The number of hydrogen-bond donors (Lipinski definition) is 1. The van der Waals surface area contributed by atoms with Gasteiger partial charge < -0.3 is 10.2 Å². The maximum Gasteiger partial charge on any atom is 0.406 e. The van der Waals surface area contributed by atoms with E-state index in [1.54, 1.807) is 0 Å². The third-order valence-corrected chi connectivity index (χ3v) is 3.78. The van der Waals surface area contributed by atoms with Gasteiger partial charge in [0.25, 0.3) is 0 Å². The molecule has 0 aromatic carbocycles. The van der Waals surface area contributed by atoms with Crippen LogP contribution < -0.4 is 10.2 Å². The van der Waals surface area contributed by atoms with Gasteiger partial charge in [-0.2, -0.15) is 13.2 Å². The minimum atomic E-state index is -4.17. The van der Waals surface area contributed by atoms with Crippen molar-refractivity contribution in [3.05, 3.63) is 11.1 Å². The van der Waals surface area contributed by atoms with E-state index >= 15 is 0 Å². The molecule has 1 N–H and O–H groups in total. The van der Waals surface area contributed by atoms with E-state index in [0.717, 1.165) is 31.5 Å². The fourth-order valence-electron chi connectivity index (χ4n) is 1.83. The average Bonchev–Trinajstić information content (AvgIpc) is 3.05. The Morgan fingerprint density at radius 2 is 2.21 bits per heavy atom. The van der Waals surface area contributed by atoms with E-state index in [0.29, 0.717) is 11.7 Å². The van der Waals surface area contributed by atoms with Crippen LogP contribution in [-0.2, 0) is 6.54 Å². The largest absolute Gasteiger partial charge is 0.406 e. The van der Waals surface area contributed by atoms with Crippen LogP contribution in [0.2, 0.25) is 0 Å². The van der Waals surface area contributed by atoms with Crippen LogP contribution in [0.1, 0.15) is 31.9 Å². The molecule has 1 aliphatic rings. The first-order valence-electron chi connectivity index (χ1n) is 6.48. The normalized spacial score (nSPS) is 15.8. The van der Waals surface area contributed by atoms with Gasteiger partial charge in [-0.15, -0.1) is 11.3 Å². The molecule has 1 saturated carbocycles. The molecule has 0 aliphatic heterocycles. The van der Waals surface area contributed by atoms with Crippen molar-refractivity contribution in [2.45, 2.75) is 44.9 Å². The lowest BCUT2D eigenvalue weighted by Crippen LogP contribution is -2.35. The summed E-state index contributed by atoms with van der Waals surface area (Å²) in [6, 6.07) is 0.0178. The van der Waals surface area contributed by atoms with Crippen LogP contribution in [0.25, 0.3) is 0 Å². The molecule has 1 aromatic rings. The highest BCUT2D eigenvalue weighted by Crippen LogP contribution is 2.35. The van der Waals surface area contributed by atoms with Gasteiger partial charge in [0.1, 0.15) is 6.54 Å². The summed E-state index contributed by atoms with van der Waals surface area (Å²) in [4.78, 5) is 5.71. The molecule has 1 fully saturated rings. The van der Waals surface area contributed by atoms with Crippen LogP contribution in [0.5, 0.6) is 0 Å². The van der Waals surface area contributed by atoms with Crippen molar-refractivity contribution >= 4 is 16.5 Å². The standard InChI is InChI=1S/C12H18F3N3S/c1-2-5-16-6-9-7-19-11(17-9)18(10-3-4-10)8-12(13,14)15/h7,10,16H,2-6,8H2,1H3. The van der Waals surface area contributed by atoms with E-state index in [2.05, 4.69) is 17.2 Å². The van der Waals surface area contributed by atoms with Crippen molar-refractivity contribution in [2.24, 2.45) is 0 Å². The third kappa shape index (κ3) is 4.65. The van der Waals surface area contributed by atoms with Crippen LogP contribution >= 0.6 is 11.3 Å². The van der Waals surface area contributed by atoms with Crippen LogP contribution in [0.4, 0.5) is 18.3 Å². The summed E-state index contributed by atoms with van der Waals surface area (Å²) >= 11 is 1.30. The highest BCUT2D eigenvalue weighted by Gasteiger charge is 2.39. The number of anilines is 1. The first kappa shape index (κ1) is 14.6. The highest BCUT2D eigenvalue weighted by molar-refractivity contribution is 7.13. The van der Waals surface area contributed by atoms with Gasteiger partial charge in [-0.05, 0) is 25.8 Å². The molecule has 108 valence electrons. The number of alkyl halides is 3. The zero-order valence-corrected chi connectivity index (χ0v) is 11.7. The van der Waals surface area contributed by atoms with Gasteiger partial charge in [0.2, 0.25) is 0 Å².